The number of fused-ring (bicyclic) bond motifs is 1. The number of thioether (sulfide) groups is 1. The Morgan fingerprint density at radius 1 is 1.24 bits per heavy atom. The summed E-state index contributed by atoms with van der Waals surface area (Å²) in [7, 11) is 0. The number of hydrogen-bond donors (Lipinski definition) is 1. The maximum atomic E-state index is 5.74. The molecule has 0 saturated carbocycles. The third-order valence-electron chi connectivity index (χ3n) is 4.08. The average molecular weight is 309 g/mol. The molecule has 2 atom stereocenters. The lowest BCUT2D eigenvalue weighted by atomic mass is 10.1. The molecule has 5 heteroatoms. The van der Waals surface area contributed by atoms with Crippen LogP contribution in [0.5, 0.6) is 11.5 Å². The van der Waals surface area contributed by atoms with Gasteiger partial charge in [-0.05, 0) is 43.7 Å². The number of ether oxygens (including phenoxy) is 3. The van der Waals surface area contributed by atoms with Crippen molar-refractivity contribution < 1.29 is 14.2 Å². The van der Waals surface area contributed by atoms with Crippen LogP contribution in [0, 0.1) is 0 Å². The van der Waals surface area contributed by atoms with E-state index in [1.807, 2.05) is 0 Å². The van der Waals surface area contributed by atoms with Gasteiger partial charge in [-0.1, -0.05) is 0 Å². The van der Waals surface area contributed by atoms with Gasteiger partial charge in [-0.25, -0.2) is 0 Å². The van der Waals surface area contributed by atoms with Gasteiger partial charge in [-0.3, -0.25) is 0 Å². The standard InChI is InChI=1S/C16H23NO3S/c1-11(13-4-3-5-18-13)17-10-12-8-14-15(9-16(12)21-2)20-7-6-19-14/h8-9,11,13,17H,3-7,10H2,1-2H3. The summed E-state index contributed by atoms with van der Waals surface area (Å²) < 4.78 is 17.1. The fourth-order valence-electron chi connectivity index (χ4n) is 2.84. The fraction of sp³-hybridized carbons (Fsp3) is 0.625. The van der Waals surface area contributed by atoms with E-state index >= 15 is 0 Å². The number of nitrogens with one attached hydrogen (secondary N) is 1. The topological polar surface area (TPSA) is 39.7 Å². The van der Waals surface area contributed by atoms with Crippen LogP contribution in [0.4, 0.5) is 0 Å². The van der Waals surface area contributed by atoms with Crippen molar-refractivity contribution in [1.82, 2.24) is 5.32 Å². The Morgan fingerprint density at radius 3 is 2.67 bits per heavy atom. The molecular weight excluding hydrogens is 286 g/mol. The Labute approximate surface area is 130 Å². The minimum absolute atomic E-state index is 0.347. The van der Waals surface area contributed by atoms with Gasteiger partial charge in [0.15, 0.2) is 11.5 Å². The lowest BCUT2D eigenvalue weighted by Gasteiger charge is -2.23. The number of rotatable bonds is 5. The normalized spacial score (nSPS) is 22.3. The van der Waals surface area contributed by atoms with E-state index in [2.05, 4.69) is 30.6 Å². The van der Waals surface area contributed by atoms with Crippen LogP contribution in [0.2, 0.25) is 0 Å². The summed E-state index contributed by atoms with van der Waals surface area (Å²) in [5, 5.41) is 3.59. The first kappa shape index (κ1) is 15.0. The highest BCUT2D eigenvalue weighted by Crippen LogP contribution is 2.36. The fourth-order valence-corrected chi connectivity index (χ4v) is 3.46. The second-order valence-electron chi connectivity index (χ2n) is 5.53. The molecule has 3 rings (SSSR count). The molecule has 0 bridgehead atoms. The van der Waals surface area contributed by atoms with Crippen LogP contribution >= 0.6 is 11.8 Å². The molecule has 1 aromatic rings. The average Bonchev–Trinajstić information content (AvgIpc) is 3.06. The van der Waals surface area contributed by atoms with Crippen molar-refractivity contribution in [2.24, 2.45) is 0 Å². The molecule has 0 spiro atoms. The van der Waals surface area contributed by atoms with Crippen molar-refractivity contribution in [3.8, 4) is 11.5 Å². The summed E-state index contributed by atoms with van der Waals surface area (Å²) in [6, 6.07) is 4.57. The minimum atomic E-state index is 0.347. The van der Waals surface area contributed by atoms with Gasteiger partial charge in [0.05, 0.1) is 6.10 Å². The van der Waals surface area contributed by atoms with Gasteiger partial charge in [0.1, 0.15) is 13.2 Å². The van der Waals surface area contributed by atoms with Gasteiger partial charge < -0.3 is 19.5 Å². The lowest BCUT2D eigenvalue weighted by molar-refractivity contribution is 0.0831. The predicted molar refractivity (Wildman–Crippen MR) is 84.5 cm³/mol. The molecule has 4 nitrogen and oxygen atoms in total. The molecule has 0 amide bonds. The van der Waals surface area contributed by atoms with Crippen molar-refractivity contribution in [3.05, 3.63) is 17.7 Å². The van der Waals surface area contributed by atoms with Crippen LogP contribution in [0.1, 0.15) is 25.3 Å². The molecule has 21 heavy (non-hydrogen) atoms. The quantitative estimate of drug-likeness (QED) is 0.847. The maximum absolute atomic E-state index is 5.74. The Kier molecular flexibility index (Phi) is 4.93. The molecule has 2 aliphatic heterocycles. The zero-order valence-corrected chi connectivity index (χ0v) is 13.5. The summed E-state index contributed by atoms with van der Waals surface area (Å²) in [6.45, 7) is 5.19. The van der Waals surface area contributed by atoms with Crippen LogP contribution in [0.25, 0.3) is 0 Å². The van der Waals surface area contributed by atoms with Crippen molar-refractivity contribution in [2.75, 3.05) is 26.1 Å². The highest BCUT2D eigenvalue weighted by atomic mass is 32.2. The molecule has 2 aliphatic rings. The lowest BCUT2D eigenvalue weighted by Crippen LogP contribution is -2.36. The van der Waals surface area contributed by atoms with E-state index in [4.69, 9.17) is 14.2 Å². The van der Waals surface area contributed by atoms with E-state index in [0.29, 0.717) is 25.4 Å². The van der Waals surface area contributed by atoms with Gasteiger partial charge in [0.2, 0.25) is 0 Å². The van der Waals surface area contributed by atoms with E-state index in [9.17, 15) is 0 Å². The first-order valence-electron chi connectivity index (χ1n) is 7.59. The van der Waals surface area contributed by atoms with E-state index in [1.54, 1.807) is 11.8 Å². The SMILES string of the molecule is CSc1cc2c(cc1CNC(C)C1CCCO1)OCCO2. The van der Waals surface area contributed by atoms with Crippen molar-refractivity contribution in [2.45, 2.75) is 43.4 Å². The van der Waals surface area contributed by atoms with Gasteiger partial charge in [0, 0.05) is 24.1 Å². The number of benzene rings is 1. The minimum Gasteiger partial charge on any atom is -0.486 e. The van der Waals surface area contributed by atoms with E-state index in [0.717, 1.165) is 31.1 Å². The number of hydrogen-bond acceptors (Lipinski definition) is 5. The molecule has 0 radical (unpaired) electrons. The molecule has 2 heterocycles. The smallest absolute Gasteiger partial charge is 0.162 e. The Balaban J connectivity index is 1.68. The van der Waals surface area contributed by atoms with Gasteiger partial charge in [-0.2, -0.15) is 0 Å². The predicted octanol–water partition coefficient (Wildman–Crippen LogP) is 2.84. The molecule has 0 aliphatic carbocycles. The molecule has 1 aromatic carbocycles. The van der Waals surface area contributed by atoms with Gasteiger partial charge in [-0.15, -0.1) is 11.8 Å². The Bertz CT molecular complexity index is 489. The van der Waals surface area contributed by atoms with E-state index in [1.165, 1.54) is 16.9 Å². The van der Waals surface area contributed by atoms with Crippen LogP contribution in [0.15, 0.2) is 17.0 Å². The first-order chi connectivity index (χ1) is 10.3. The van der Waals surface area contributed by atoms with Crippen molar-refractivity contribution in [1.29, 1.82) is 0 Å². The Hall–Kier alpha value is -0.910. The van der Waals surface area contributed by atoms with Gasteiger partial charge in [0.25, 0.3) is 0 Å². The summed E-state index contributed by atoms with van der Waals surface area (Å²) in [6.07, 6.45) is 4.78. The largest absolute Gasteiger partial charge is 0.486 e. The van der Waals surface area contributed by atoms with Crippen molar-refractivity contribution in [3.63, 3.8) is 0 Å². The van der Waals surface area contributed by atoms with Crippen LogP contribution < -0.4 is 14.8 Å². The molecule has 1 saturated heterocycles. The van der Waals surface area contributed by atoms with Crippen molar-refractivity contribution >= 4 is 11.8 Å². The zero-order chi connectivity index (χ0) is 14.7. The molecule has 1 N–H and O–H groups in total. The summed E-state index contributed by atoms with van der Waals surface area (Å²) >= 11 is 1.75. The van der Waals surface area contributed by atoms with E-state index in [-0.39, 0.29) is 0 Å². The molecule has 1 fully saturated rings. The molecular formula is C16H23NO3S. The van der Waals surface area contributed by atoms with Crippen LogP contribution in [-0.2, 0) is 11.3 Å². The maximum Gasteiger partial charge on any atom is 0.162 e. The third-order valence-corrected chi connectivity index (χ3v) is 4.90. The molecule has 0 aromatic heterocycles. The van der Waals surface area contributed by atoms with Crippen LogP contribution in [0.3, 0.4) is 0 Å². The highest BCUT2D eigenvalue weighted by molar-refractivity contribution is 7.98. The first-order valence-corrected chi connectivity index (χ1v) is 8.82. The second kappa shape index (κ2) is 6.90. The zero-order valence-electron chi connectivity index (χ0n) is 12.7. The molecule has 2 unspecified atom stereocenters. The van der Waals surface area contributed by atoms with Gasteiger partial charge >= 0.3 is 0 Å². The Morgan fingerprint density at radius 2 is 2.00 bits per heavy atom. The summed E-state index contributed by atoms with van der Waals surface area (Å²) in [5.41, 5.74) is 1.26. The third kappa shape index (κ3) is 3.47. The summed E-state index contributed by atoms with van der Waals surface area (Å²) in [4.78, 5) is 1.24. The monoisotopic (exact) mass is 309 g/mol. The van der Waals surface area contributed by atoms with E-state index < -0.39 is 0 Å². The second-order valence-corrected chi connectivity index (χ2v) is 6.38. The van der Waals surface area contributed by atoms with Crippen LogP contribution in [-0.4, -0.2) is 38.2 Å². The molecule has 116 valence electrons. The summed E-state index contributed by atoms with van der Waals surface area (Å²) in [5.74, 6) is 1.72. The highest BCUT2D eigenvalue weighted by Gasteiger charge is 2.22.